The summed E-state index contributed by atoms with van der Waals surface area (Å²) in [5.74, 6) is -0.498. The average molecular weight is 318 g/mol. The molecule has 0 aromatic heterocycles. The number of esters is 1. The number of anilines is 2. The maximum absolute atomic E-state index is 11.9. The van der Waals surface area contributed by atoms with Gasteiger partial charge in [0.2, 0.25) is 0 Å². The SMILES string of the molecule is COC(=O)c1cc(-c2ccc(-c3ccccc3)cc2)cc(N)c1N. The van der Waals surface area contributed by atoms with Crippen LogP contribution in [0.25, 0.3) is 22.3 Å². The first kappa shape index (κ1) is 15.6. The van der Waals surface area contributed by atoms with Crippen molar-refractivity contribution in [1.82, 2.24) is 0 Å². The third kappa shape index (κ3) is 2.94. The van der Waals surface area contributed by atoms with Crippen LogP contribution < -0.4 is 11.5 Å². The van der Waals surface area contributed by atoms with Crippen molar-refractivity contribution < 1.29 is 9.53 Å². The first-order chi connectivity index (χ1) is 11.6. The van der Waals surface area contributed by atoms with Crippen molar-refractivity contribution in [2.75, 3.05) is 18.6 Å². The first-order valence-electron chi connectivity index (χ1n) is 7.53. The van der Waals surface area contributed by atoms with Crippen LogP contribution in [0.1, 0.15) is 10.4 Å². The Hall–Kier alpha value is -3.27. The number of carbonyl (C=O) groups excluding carboxylic acids is 1. The molecule has 0 radical (unpaired) electrons. The smallest absolute Gasteiger partial charge is 0.340 e. The van der Waals surface area contributed by atoms with E-state index in [1.165, 1.54) is 7.11 Å². The van der Waals surface area contributed by atoms with Crippen LogP contribution in [0.15, 0.2) is 66.7 Å². The van der Waals surface area contributed by atoms with Crippen LogP contribution in [0, 0.1) is 0 Å². The Kier molecular flexibility index (Phi) is 4.20. The molecule has 0 amide bonds. The van der Waals surface area contributed by atoms with Gasteiger partial charge in [-0.1, -0.05) is 54.6 Å². The van der Waals surface area contributed by atoms with Crippen LogP contribution in [-0.2, 0) is 4.74 Å². The van der Waals surface area contributed by atoms with Gasteiger partial charge in [0, 0.05) is 0 Å². The molecule has 0 aliphatic carbocycles. The molecule has 0 saturated heterocycles. The molecule has 4 nitrogen and oxygen atoms in total. The second-order valence-electron chi connectivity index (χ2n) is 5.46. The van der Waals surface area contributed by atoms with Crippen molar-refractivity contribution >= 4 is 17.3 Å². The van der Waals surface area contributed by atoms with Crippen LogP contribution in [0.3, 0.4) is 0 Å². The Labute approximate surface area is 140 Å². The fourth-order valence-corrected chi connectivity index (χ4v) is 2.61. The summed E-state index contributed by atoms with van der Waals surface area (Å²) in [5, 5.41) is 0. The number of nitrogens with two attached hydrogens (primary N) is 2. The molecule has 120 valence electrons. The molecule has 3 aromatic rings. The van der Waals surface area contributed by atoms with Gasteiger partial charge in [0.25, 0.3) is 0 Å². The van der Waals surface area contributed by atoms with Crippen molar-refractivity contribution in [3.63, 3.8) is 0 Å². The molecule has 24 heavy (non-hydrogen) atoms. The molecule has 0 saturated carbocycles. The Morgan fingerprint density at radius 3 is 1.92 bits per heavy atom. The van der Waals surface area contributed by atoms with E-state index in [4.69, 9.17) is 16.2 Å². The van der Waals surface area contributed by atoms with E-state index in [-0.39, 0.29) is 11.3 Å². The minimum atomic E-state index is -0.498. The predicted molar refractivity (Wildman–Crippen MR) is 97.5 cm³/mol. The molecular formula is C20H18N2O2. The molecule has 0 unspecified atom stereocenters. The van der Waals surface area contributed by atoms with Gasteiger partial charge in [-0.05, 0) is 34.4 Å². The molecule has 0 aliphatic rings. The third-order valence-electron chi connectivity index (χ3n) is 3.94. The lowest BCUT2D eigenvalue weighted by Crippen LogP contribution is -2.08. The summed E-state index contributed by atoms with van der Waals surface area (Å²) in [6.45, 7) is 0. The van der Waals surface area contributed by atoms with Crippen molar-refractivity contribution in [2.45, 2.75) is 0 Å². The summed E-state index contributed by atoms with van der Waals surface area (Å²) in [6.07, 6.45) is 0. The molecule has 4 heteroatoms. The van der Waals surface area contributed by atoms with Crippen LogP contribution >= 0.6 is 0 Å². The van der Waals surface area contributed by atoms with E-state index in [9.17, 15) is 4.79 Å². The molecule has 4 N–H and O–H groups in total. The number of hydrogen-bond acceptors (Lipinski definition) is 4. The molecule has 0 heterocycles. The fourth-order valence-electron chi connectivity index (χ4n) is 2.61. The van der Waals surface area contributed by atoms with Crippen LogP contribution in [0.2, 0.25) is 0 Å². The summed E-state index contributed by atoms with van der Waals surface area (Å²) in [5.41, 5.74) is 16.7. The summed E-state index contributed by atoms with van der Waals surface area (Å²) in [4.78, 5) is 11.9. The summed E-state index contributed by atoms with van der Waals surface area (Å²) in [6, 6.07) is 21.7. The molecule has 0 atom stereocenters. The molecule has 3 rings (SSSR count). The zero-order valence-electron chi connectivity index (χ0n) is 13.3. The van der Waals surface area contributed by atoms with Gasteiger partial charge >= 0.3 is 5.97 Å². The van der Waals surface area contributed by atoms with E-state index in [0.29, 0.717) is 5.69 Å². The topological polar surface area (TPSA) is 78.3 Å². The van der Waals surface area contributed by atoms with Gasteiger partial charge in [0.1, 0.15) is 0 Å². The van der Waals surface area contributed by atoms with E-state index in [1.54, 1.807) is 12.1 Å². The van der Waals surface area contributed by atoms with E-state index in [1.807, 2.05) is 42.5 Å². The number of hydrogen-bond donors (Lipinski definition) is 2. The van der Waals surface area contributed by atoms with Crippen LogP contribution in [0.5, 0.6) is 0 Å². The molecule has 0 spiro atoms. The summed E-state index contributed by atoms with van der Waals surface area (Å²) >= 11 is 0. The Bertz CT molecular complexity index is 872. The lowest BCUT2D eigenvalue weighted by Gasteiger charge is -2.11. The quantitative estimate of drug-likeness (QED) is 0.566. The Morgan fingerprint density at radius 1 is 0.792 bits per heavy atom. The van der Waals surface area contributed by atoms with Gasteiger partial charge in [-0.2, -0.15) is 0 Å². The number of nitrogen functional groups attached to an aromatic ring is 2. The average Bonchev–Trinajstić information content (AvgIpc) is 2.64. The Balaban J connectivity index is 2.00. The van der Waals surface area contributed by atoms with Gasteiger partial charge in [0.15, 0.2) is 0 Å². The fraction of sp³-hybridized carbons (Fsp3) is 0.0500. The Morgan fingerprint density at radius 2 is 1.33 bits per heavy atom. The molecule has 0 bridgehead atoms. The van der Waals surface area contributed by atoms with E-state index < -0.39 is 5.97 Å². The monoisotopic (exact) mass is 318 g/mol. The lowest BCUT2D eigenvalue weighted by atomic mass is 9.98. The van der Waals surface area contributed by atoms with Crippen LogP contribution in [0.4, 0.5) is 11.4 Å². The zero-order valence-corrected chi connectivity index (χ0v) is 13.3. The van der Waals surface area contributed by atoms with Gasteiger partial charge < -0.3 is 16.2 Å². The molecule has 0 aliphatic heterocycles. The first-order valence-corrected chi connectivity index (χ1v) is 7.53. The standard InChI is InChI=1S/C20H18N2O2/c1-24-20(23)17-11-16(12-18(21)19(17)22)15-9-7-14(8-10-15)13-5-3-2-4-6-13/h2-12H,21-22H2,1H3. The van der Waals surface area contributed by atoms with Crippen LogP contribution in [-0.4, -0.2) is 13.1 Å². The molecular weight excluding hydrogens is 300 g/mol. The maximum atomic E-state index is 11.9. The lowest BCUT2D eigenvalue weighted by molar-refractivity contribution is 0.0602. The number of ether oxygens (including phenoxy) is 1. The zero-order chi connectivity index (χ0) is 17.1. The van der Waals surface area contributed by atoms with Gasteiger partial charge in [-0.25, -0.2) is 4.79 Å². The number of benzene rings is 3. The number of rotatable bonds is 3. The molecule has 3 aromatic carbocycles. The number of methoxy groups -OCH3 is 1. The maximum Gasteiger partial charge on any atom is 0.340 e. The second kappa shape index (κ2) is 6.46. The van der Waals surface area contributed by atoms with Gasteiger partial charge in [-0.3, -0.25) is 0 Å². The van der Waals surface area contributed by atoms with Crippen molar-refractivity contribution in [1.29, 1.82) is 0 Å². The predicted octanol–water partition coefficient (Wildman–Crippen LogP) is 3.97. The normalized spacial score (nSPS) is 10.4. The minimum absolute atomic E-state index is 0.242. The van der Waals surface area contributed by atoms with Gasteiger partial charge in [-0.15, -0.1) is 0 Å². The highest BCUT2D eigenvalue weighted by molar-refractivity contribution is 6.00. The van der Waals surface area contributed by atoms with E-state index >= 15 is 0 Å². The minimum Gasteiger partial charge on any atom is -0.465 e. The third-order valence-corrected chi connectivity index (χ3v) is 3.94. The number of carbonyl (C=O) groups is 1. The highest BCUT2D eigenvalue weighted by Crippen LogP contribution is 2.31. The summed E-state index contributed by atoms with van der Waals surface area (Å²) in [7, 11) is 1.32. The highest BCUT2D eigenvalue weighted by Gasteiger charge is 2.14. The van der Waals surface area contributed by atoms with E-state index in [2.05, 4.69) is 12.1 Å². The summed E-state index contributed by atoms with van der Waals surface area (Å²) < 4.78 is 4.77. The van der Waals surface area contributed by atoms with Crippen molar-refractivity contribution in [3.8, 4) is 22.3 Å². The van der Waals surface area contributed by atoms with E-state index in [0.717, 1.165) is 22.3 Å². The highest BCUT2D eigenvalue weighted by atomic mass is 16.5. The second-order valence-corrected chi connectivity index (χ2v) is 5.46. The largest absolute Gasteiger partial charge is 0.465 e. The van der Waals surface area contributed by atoms with Crippen molar-refractivity contribution in [3.05, 3.63) is 72.3 Å². The van der Waals surface area contributed by atoms with Gasteiger partial charge in [0.05, 0.1) is 24.0 Å². The molecule has 0 fully saturated rings. The van der Waals surface area contributed by atoms with Crippen molar-refractivity contribution in [2.24, 2.45) is 0 Å².